The molecule has 0 saturated heterocycles. The number of carbonyl (C=O) groups is 2. The number of aryl methyl sites for hydroxylation is 4. The quantitative estimate of drug-likeness (QED) is 0.827. The van der Waals surface area contributed by atoms with Crippen LogP contribution in [0.5, 0.6) is 0 Å². The van der Waals surface area contributed by atoms with Crippen LogP contribution in [0.15, 0.2) is 12.1 Å². The van der Waals surface area contributed by atoms with Crippen LogP contribution in [0.25, 0.3) is 0 Å². The minimum atomic E-state index is -0.952. The smallest absolute Gasteiger partial charge is 0.339 e. The number of anilines is 1. The summed E-state index contributed by atoms with van der Waals surface area (Å²) in [5, 5.41) is 23.1. The van der Waals surface area contributed by atoms with Gasteiger partial charge in [0.2, 0.25) is 0 Å². The van der Waals surface area contributed by atoms with Gasteiger partial charge >= 0.3 is 11.9 Å². The Morgan fingerprint density at radius 1 is 1.11 bits per heavy atom. The summed E-state index contributed by atoms with van der Waals surface area (Å²) < 4.78 is 1.91. The highest BCUT2D eigenvalue weighted by Gasteiger charge is 2.25. The van der Waals surface area contributed by atoms with Gasteiger partial charge in [0.15, 0.2) is 0 Å². The summed E-state index contributed by atoms with van der Waals surface area (Å²) in [6.45, 7) is 1.96. The number of carboxylic acid groups (broad SMARTS) is 2. The maximum absolute atomic E-state index is 11.8. The average molecular weight is 370 g/mol. The lowest BCUT2D eigenvalue weighted by Crippen LogP contribution is -2.26. The van der Waals surface area contributed by atoms with Crippen molar-refractivity contribution in [3.05, 3.63) is 40.3 Å². The molecule has 2 aromatic rings. The van der Waals surface area contributed by atoms with E-state index in [-0.39, 0.29) is 12.0 Å². The van der Waals surface area contributed by atoms with Crippen LogP contribution in [0, 0.1) is 0 Å². The fourth-order valence-electron chi connectivity index (χ4n) is 3.92. The molecule has 0 amide bonds. The number of aromatic carboxylic acids is 1. The van der Waals surface area contributed by atoms with E-state index < -0.39 is 11.9 Å². The molecule has 3 heterocycles. The molecule has 0 atom stereocenters. The summed E-state index contributed by atoms with van der Waals surface area (Å²) in [5.41, 5.74) is 4.04. The summed E-state index contributed by atoms with van der Waals surface area (Å²) in [5.74, 6) is -1.26. The molecule has 0 saturated carbocycles. The van der Waals surface area contributed by atoms with E-state index in [1.807, 2.05) is 15.6 Å². The van der Waals surface area contributed by atoms with Crippen molar-refractivity contribution in [1.29, 1.82) is 0 Å². The highest BCUT2D eigenvalue weighted by molar-refractivity contribution is 5.93. The summed E-state index contributed by atoms with van der Waals surface area (Å²) in [6.07, 6.45) is 4.08. The lowest BCUT2D eigenvalue weighted by Gasteiger charge is -2.23. The first-order valence-electron chi connectivity index (χ1n) is 9.29. The third-order valence-electron chi connectivity index (χ3n) is 5.22. The van der Waals surface area contributed by atoms with Gasteiger partial charge in [0.25, 0.3) is 0 Å². The number of rotatable bonds is 5. The molecule has 1 aliphatic carbocycles. The zero-order chi connectivity index (χ0) is 19.0. The second-order valence-corrected chi connectivity index (χ2v) is 7.14. The van der Waals surface area contributed by atoms with Crippen molar-refractivity contribution in [2.75, 3.05) is 11.4 Å². The Morgan fingerprint density at radius 3 is 2.74 bits per heavy atom. The number of hydrogen-bond donors (Lipinski definition) is 2. The Balaban J connectivity index is 1.64. The zero-order valence-corrected chi connectivity index (χ0v) is 15.0. The SMILES string of the molecule is O=C(O)CCc1cc2n(n1)CCCN(c1nc3c(cc1C(=O)O)CCC3)C2. The maximum atomic E-state index is 11.8. The third-order valence-corrected chi connectivity index (χ3v) is 5.22. The summed E-state index contributed by atoms with van der Waals surface area (Å²) >= 11 is 0. The highest BCUT2D eigenvalue weighted by Crippen LogP contribution is 2.29. The van der Waals surface area contributed by atoms with Crippen molar-refractivity contribution in [1.82, 2.24) is 14.8 Å². The first-order valence-corrected chi connectivity index (χ1v) is 9.29. The van der Waals surface area contributed by atoms with Crippen LogP contribution in [0.2, 0.25) is 0 Å². The Hall–Kier alpha value is -2.90. The molecule has 4 rings (SSSR count). The van der Waals surface area contributed by atoms with E-state index >= 15 is 0 Å². The molecular weight excluding hydrogens is 348 g/mol. The van der Waals surface area contributed by atoms with Gasteiger partial charge < -0.3 is 15.1 Å². The average Bonchev–Trinajstić information content (AvgIpc) is 3.19. The molecule has 0 unspecified atom stereocenters. The van der Waals surface area contributed by atoms with Crippen molar-refractivity contribution in [3.63, 3.8) is 0 Å². The van der Waals surface area contributed by atoms with Crippen molar-refractivity contribution >= 4 is 17.8 Å². The van der Waals surface area contributed by atoms with Crippen LogP contribution in [0.4, 0.5) is 5.82 Å². The largest absolute Gasteiger partial charge is 0.481 e. The second-order valence-electron chi connectivity index (χ2n) is 7.14. The van der Waals surface area contributed by atoms with Crippen LogP contribution in [-0.2, 0) is 37.1 Å². The Kier molecular flexibility index (Phi) is 4.55. The number of aromatic nitrogens is 3. The summed E-state index contributed by atoms with van der Waals surface area (Å²) in [6, 6.07) is 3.71. The Bertz CT molecular complexity index is 905. The van der Waals surface area contributed by atoms with Crippen molar-refractivity contribution in [3.8, 4) is 0 Å². The predicted molar refractivity (Wildman–Crippen MR) is 97.1 cm³/mol. The Morgan fingerprint density at radius 2 is 1.96 bits per heavy atom. The molecule has 2 aliphatic rings. The highest BCUT2D eigenvalue weighted by atomic mass is 16.4. The zero-order valence-electron chi connectivity index (χ0n) is 15.0. The molecule has 1 aliphatic heterocycles. The van der Waals surface area contributed by atoms with Gasteiger partial charge in [-0.3, -0.25) is 9.48 Å². The molecule has 0 aromatic carbocycles. The number of nitrogens with zero attached hydrogens (tertiary/aromatic N) is 4. The molecule has 0 radical (unpaired) electrons. The molecule has 0 spiro atoms. The van der Waals surface area contributed by atoms with Gasteiger partial charge in [0.1, 0.15) is 11.4 Å². The van der Waals surface area contributed by atoms with Gasteiger partial charge in [-0.1, -0.05) is 0 Å². The molecule has 142 valence electrons. The standard InChI is InChI=1S/C19H22N4O4/c24-17(25)6-5-13-10-14-11-22(7-2-8-23(14)21-13)18-15(19(26)27)9-12-3-1-4-16(12)20-18/h9-10H,1-8,11H2,(H,24,25)(H,26,27). The van der Waals surface area contributed by atoms with E-state index in [0.717, 1.165) is 54.9 Å². The fraction of sp³-hybridized carbons (Fsp3) is 0.474. The van der Waals surface area contributed by atoms with Gasteiger partial charge in [-0.25, -0.2) is 9.78 Å². The predicted octanol–water partition coefficient (Wildman–Crippen LogP) is 1.89. The van der Waals surface area contributed by atoms with Crippen LogP contribution >= 0.6 is 0 Å². The fourth-order valence-corrected chi connectivity index (χ4v) is 3.92. The number of carboxylic acids is 2. The minimum absolute atomic E-state index is 0.0513. The van der Waals surface area contributed by atoms with E-state index in [9.17, 15) is 14.7 Å². The van der Waals surface area contributed by atoms with Crippen LogP contribution in [0.1, 0.15) is 52.3 Å². The Labute approximate surface area is 156 Å². The number of pyridine rings is 1. The third kappa shape index (κ3) is 3.51. The van der Waals surface area contributed by atoms with E-state index in [0.29, 0.717) is 25.3 Å². The van der Waals surface area contributed by atoms with Crippen molar-refractivity contribution in [2.24, 2.45) is 0 Å². The molecule has 27 heavy (non-hydrogen) atoms. The molecule has 0 bridgehead atoms. The first kappa shape index (κ1) is 17.5. The van der Waals surface area contributed by atoms with E-state index in [1.54, 1.807) is 6.07 Å². The number of hydrogen-bond acceptors (Lipinski definition) is 5. The molecule has 2 aromatic heterocycles. The van der Waals surface area contributed by atoms with Crippen molar-refractivity contribution in [2.45, 2.75) is 51.6 Å². The van der Waals surface area contributed by atoms with Gasteiger partial charge in [-0.2, -0.15) is 5.10 Å². The second kappa shape index (κ2) is 7.02. The topological polar surface area (TPSA) is 109 Å². The lowest BCUT2D eigenvalue weighted by molar-refractivity contribution is -0.136. The molecule has 8 heteroatoms. The number of fused-ring (bicyclic) bond motifs is 2. The first-order chi connectivity index (χ1) is 13.0. The molecule has 0 fully saturated rings. The van der Waals surface area contributed by atoms with E-state index in [1.165, 1.54) is 0 Å². The van der Waals surface area contributed by atoms with E-state index in [4.69, 9.17) is 10.1 Å². The lowest BCUT2D eigenvalue weighted by atomic mass is 10.1. The molecular formula is C19H22N4O4. The van der Waals surface area contributed by atoms with Gasteiger partial charge in [-0.05, 0) is 43.4 Å². The van der Waals surface area contributed by atoms with Gasteiger partial charge in [-0.15, -0.1) is 0 Å². The summed E-state index contributed by atoms with van der Waals surface area (Å²) in [7, 11) is 0. The molecule has 8 nitrogen and oxygen atoms in total. The summed E-state index contributed by atoms with van der Waals surface area (Å²) in [4.78, 5) is 29.3. The minimum Gasteiger partial charge on any atom is -0.481 e. The van der Waals surface area contributed by atoms with Crippen molar-refractivity contribution < 1.29 is 19.8 Å². The number of aliphatic carboxylic acids is 1. The van der Waals surface area contributed by atoms with Crippen LogP contribution < -0.4 is 4.90 Å². The van der Waals surface area contributed by atoms with Gasteiger partial charge in [0, 0.05) is 25.2 Å². The van der Waals surface area contributed by atoms with Crippen LogP contribution in [-0.4, -0.2) is 43.5 Å². The normalized spacial score (nSPS) is 15.9. The van der Waals surface area contributed by atoms with Crippen LogP contribution in [0.3, 0.4) is 0 Å². The van der Waals surface area contributed by atoms with Gasteiger partial charge in [0.05, 0.1) is 24.4 Å². The molecule has 2 N–H and O–H groups in total. The maximum Gasteiger partial charge on any atom is 0.339 e. The van der Waals surface area contributed by atoms with E-state index in [2.05, 4.69) is 5.10 Å². The monoisotopic (exact) mass is 370 g/mol.